The lowest BCUT2D eigenvalue weighted by Gasteiger charge is -2.35. The highest BCUT2D eigenvalue weighted by atomic mass is 16.2. The van der Waals surface area contributed by atoms with Crippen molar-refractivity contribution in [3.05, 3.63) is 29.6 Å². The fourth-order valence-electron chi connectivity index (χ4n) is 3.40. The molecule has 0 saturated heterocycles. The lowest BCUT2D eigenvalue weighted by atomic mass is 9.98. The van der Waals surface area contributed by atoms with E-state index in [2.05, 4.69) is 34.9 Å². The van der Waals surface area contributed by atoms with Crippen molar-refractivity contribution in [1.82, 2.24) is 19.6 Å². The van der Waals surface area contributed by atoms with Crippen molar-refractivity contribution in [3.8, 4) is 0 Å². The molecule has 0 radical (unpaired) electrons. The molecule has 1 atom stereocenters. The summed E-state index contributed by atoms with van der Waals surface area (Å²) in [5.74, 6) is 0.238. The van der Waals surface area contributed by atoms with Crippen LogP contribution in [0.15, 0.2) is 23.9 Å². The summed E-state index contributed by atoms with van der Waals surface area (Å²) in [5.41, 5.74) is 2.17. The molecular weight excluding hydrogens is 276 g/mol. The molecule has 5 nitrogen and oxygen atoms in total. The maximum Gasteiger partial charge on any atom is 0.249 e. The summed E-state index contributed by atoms with van der Waals surface area (Å²) in [6.07, 6.45) is 9.37. The number of rotatable bonds is 4. The average molecular weight is 302 g/mol. The minimum Gasteiger partial charge on any atom is -0.331 e. The van der Waals surface area contributed by atoms with Crippen molar-refractivity contribution < 1.29 is 4.79 Å². The summed E-state index contributed by atoms with van der Waals surface area (Å²) in [7, 11) is 4.17. The summed E-state index contributed by atoms with van der Waals surface area (Å²) in [6.45, 7) is 2.47. The number of amides is 1. The molecular formula is C17H26N4O. The number of carbonyl (C=O) groups excluding carboxylic acids is 1. The molecule has 1 aliphatic carbocycles. The van der Waals surface area contributed by atoms with E-state index in [4.69, 9.17) is 0 Å². The third-order valence-electron chi connectivity index (χ3n) is 4.64. The molecule has 120 valence electrons. The van der Waals surface area contributed by atoms with Crippen LogP contribution in [0.1, 0.15) is 43.8 Å². The second-order valence-electron chi connectivity index (χ2n) is 6.67. The third-order valence-corrected chi connectivity index (χ3v) is 4.64. The van der Waals surface area contributed by atoms with E-state index in [1.54, 1.807) is 0 Å². The molecule has 1 aliphatic heterocycles. The highest BCUT2D eigenvalue weighted by molar-refractivity contribution is 5.93. The molecule has 1 aromatic heterocycles. The van der Waals surface area contributed by atoms with Gasteiger partial charge in [0.1, 0.15) is 0 Å². The van der Waals surface area contributed by atoms with Crippen LogP contribution in [0.4, 0.5) is 0 Å². The predicted octanol–water partition coefficient (Wildman–Crippen LogP) is 2.22. The Labute approximate surface area is 132 Å². The standard InChI is InChI=1S/C17H26N4O/c1-19(2)11-9-16-13-20(12-15-8-10-18-21(15)16)17(22)14-6-4-3-5-7-14/h6,8,10,16H,3-5,7,9,11-13H2,1-2H3/t16-/m1/s1. The molecule has 22 heavy (non-hydrogen) atoms. The van der Waals surface area contributed by atoms with E-state index in [9.17, 15) is 4.79 Å². The lowest BCUT2D eigenvalue weighted by Crippen LogP contribution is -2.42. The fourth-order valence-corrected chi connectivity index (χ4v) is 3.40. The maximum absolute atomic E-state index is 12.8. The van der Waals surface area contributed by atoms with Gasteiger partial charge >= 0.3 is 0 Å². The molecule has 1 amide bonds. The molecule has 0 N–H and O–H groups in total. The first-order valence-electron chi connectivity index (χ1n) is 8.30. The lowest BCUT2D eigenvalue weighted by molar-refractivity contribution is -0.129. The van der Waals surface area contributed by atoms with Gasteiger partial charge in [0.05, 0.1) is 18.3 Å². The van der Waals surface area contributed by atoms with Crippen molar-refractivity contribution in [2.24, 2.45) is 0 Å². The molecule has 0 saturated carbocycles. The summed E-state index contributed by atoms with van der Waals surface area (Å²) >= 11 is 0. The first kappa shape index (κ1) is 15.3. The van der Waals surface area contributed by atoms with Crippen LogP contribution in [0.25, 0.3) is 0 Å². The molecule has 2 heterocycles. The van der Waals surface area contributed by atoms with Crippen molar-refractivity contribution in [2.45, 2.75) is 44.7 Å². The van der Waals surface area contributed by atoms with Gasteiger partial charge in [0.25, 0.3) is 0 Å². The number of aromatic nitrogens is 2. The van der Waals surface area contributed by atoms with Gasteiger partial charge in [0.15, 0.2) is 0 Å². The van der Waals surface area contributed by atoms with Crippen molar-refractivity contribution in [1.29, 1.82) is 0 Å². The summed E-state index contributed by atoms with van der Waals surface area (Å²) in [4.78, 5) is 17.0. The Morgan fingerprint density at radius 1 is 1.41 bits per heavy atom. The van der Waals surface area contributed by atoms with Crippen LogP contribution in [-0.2, 0) is 11.3 Å². The highest BCUT2D eigenvalue weighted by Gasteiger charge is 2.29. The van der Waals surface area contributed by atoms with E-state index in [0.717, 1.165) is 50.0 Å². The molecule has 0 aromatic carbocycles. The van der Waals surface area contributed by atoms with Crippen LogP contribution in [0.5, 0.6) is 0 Å². The average Bonchev–Trinajstić information content (AvgIpc) is 3.01. The van der Waals surface area contributed by atoms with Gasteiger partial charge in [0.2, 0.25) is 5.91 Å². The van der Waals surface area contributed by atoms with Crippen LogP contribution < -0.4 is 0 Å². The number of hydrogen-bond donors (Lipinski definition) is 0. The van der Waals surface area contributed by atoms with Gasteiger partial charge in [-0.15, -0.1) is 0 Å². The minimum absolute atomic E-state index is 0.238. The van der Waals surface area contributed by atoms with Gasteiger partial charge in [0, 0.05) is 18.3 Å². The van der Waals surface area contributed by atoms with E-state index >= 15 is 0 Å². The predicted molar refractivity (Wildman–Crippen MR) is 86.4 cm³/mol. The first-order valence-corrected chi connectivity index (χ1v) is 8.30. The Balaban J connectivity index is 1.74. The Kier molecular flexibility index (Phi) is 4.62. The smallest absolute Gasteiger partial charge is 0.249 e. The highest BCUT2D eigenvalue weighted by Crippen LogP contribution is 2.26. The van der Waals surface area contributed by atoms with E-state index < -0.39 is 0 Å². The van der Waals surface area contributed by atoms with Crippen LogP contribution >= 0.6 is 0 Å². The second-order valence-corrected chi connectivity index (χ2v) is 6.67. The topological polar surface area (TPSA) is 41.4 Å². The van der Waals surface area contributed by atoms with Crippen LogP contribution in [0.2, 0.25) is 0 Å². The Morgan fingerprint density at radius 3 is 3.00 bits per heavy atom. The third kappa shape index (κ3) is 3.24. The van der Waals surface area contributed by atoms with Crippen LogP contribution in [0.3, 0.4) is 0 Å². The number of hydrogen-bond acceptors (Lipinski definition) is 3. The monoisotopic (exact) mass is 302 g/mol. The number of fused-ring (bicyclic) bond motifs is 1. The van der Waals surface area contributed by atoms with Crippen molar-refractivity contribution in [3.63, 3.8) is 0 Å². The zero-order valence-corrected chi connectivity index (χ0v) is 13.7. The van der Waals surface area contributed by atoms with Crippen molar-refractivity contribution in [2.75, 3.05) is 27.2 Å². The normalized spacial score (nSPS) is 21.7. The maximum atomic E-state index is 12.8. The Bertz CT molecular complexity index is 561. The zero-order valence-electron chi connectivity index (χ0n) is 13.7. The molecule has 0 fully saturated rings. The minimum atomic E-state index is 0.238. The van der Waals surface area contributed by atoms with Gasteiger partial charge in [-0.2, -0.15) is 5.10 Å². The van der Waals surface area contributed by atoms with Crippen molar-refractivity contribution >= 4 is 5.91 Å². The Morgan fingerprint density at radius 2 is 2.27 bits per heavy atom. The first-order chi connectivity index (χ1) is 10.6. The zero-order chi connectivity index (χ0) is 15.5. The summed E-state index contributed by atoms with van der Waals surface area (Å²) in [5, 5.41) is 4.47. The fraction of sp³-hybridized carbons (Fsp3) is 0.647. The van der Waals surface area contributed by atoms with Crippen LogP contribution in [0, 0.1) is 0 Å². The molecule has 0 unspecified atom stereocenters. The van der Waals surface area contributed by atoms with Gasteiger partial charge in [-0.3, -0.25) is 9.48 Å². The quantitative estimate of drug-likeness (QED) is 0.856. The molecule has 3 rings (SSSR count). The van der Waals surface area contributed by atoms with Gasteiger partial charge in [-0.25, -0.2) is 0 Å². The number of allylic oxidation sites excluding steroid dienone is 1. The molecule has 0 spiro atoms. The number of nitrogens with zero attached hydrogens (tertiary/aromatic N) is 4. The largest absolute Gasteiger partial charge is 0.331 e. The van der Waals surface area contributed by atoms with Gasteiger partial charge in [-0.1, -0.05) is 6.08 Å². The Hall–Kier alpha value is -1.62. The van der Waals surface area contributed by atoms with E-state index in [0.29, 0.717) is 6.54 Å². The second kappa shape index (κ2) is 6.65. The van der Waals surface area contributed by atoms with E-state index in [1.165, 1.54) is 6.42 Å². The SMILES string of the molecule is CN(C)CC[C@@H]1CN(C(=O)C2=CCCCC2)Cc2ccnn21. The van der Waals surface area contributed by atoms with Gasteiger partial charge < -0.3 is 9.80 Å². The van der Waals surface area contributed by atoms with Gasteiger partial charge in [-0.05, 0) is 58.8 Å². The summed E-state index contributed by atoms with van der Waals surface area (Å²) in [6, 6.07) is 2.33. The molecule has 2 aliphatic rings. The van der Waals surface area contributed by atoms with Crippen LogP contribution in [-0.4, -0.2) is 52.7 Å². The van der Waals surface area contributed by atoms with E-state index in [-0.39, 0.29) is 11.9 Å². The van der Waals surface area contributed by atoms with E-state index in [1.807, 2.05) is 17.2 Å². The summed E-state index contributed by atoms with van der Waals surface area (Å²) < 4.78 is 2.11. The molecule has 5 heteroatoms. The molecule has 0 bridgehead atoms. The molecule has 1 aromatic rings. The number of carbonyl (C=O) groups is 1.